The summed E-state index contributed by atoms with van der Waals surface area (Å²) in [6, 6.07) is 0. The fraction of sp³-hybridized carbons (Fsp3) is 0.778. The van der Waals surface area contributed by atoms with Gasteiger partial charge in [-0.2, -0.15) is 0 Å². The second-order valence-corrected chi connectivity index (χ2v) is 3.60. The smallest absolute Gasteiger partial charge is 0.238 e. The molecule has 0 amide bonds. The van der Waals surface area contributed by atoms with E-state index >= 15 is 0 Å². The maximum absolute atomic E-state index is 7.23. The third kappa shape index (κ3) is 8.29. The lowest BCUT2D eigenvalue weighted by Crippen LogP contribution is -2.40. The quantitative estimate of drug-likeness (QED) is 0.218. The molecule has 0 heterocycles. The predicted octanol–water partition coefficient (Wildman–Crippen LogP) is 0.0729. The molecular formula is C9H22N6O2. The molecule has 0 aromatic heterocycles. The van der Waals surface area contributed by atoms with E-state index in [-0.39, 0.29) is 18.0 Å². The molecule has 6 N–H and O–H groups in total. The van der Waals surface area contributed by atoms with E-state index in [0.717, 1.165) is 18.0 Å². The van der Waals surface area contributed by atoms with E-state index in [2.05, 4.69) is 17.5 Å². The van der Waals surface area contributed by atoms with E-state index in [0.29, 0.717) is 6.61 Å². The van der Waals surface area contributed by atoms with Crippen LogP contribution in [0.1, 0.15) is 33.6 Å². The number of rotatable bonds is 7. The van der Waals surface area contributed by atoms with Crippen LogP contribution in [0.5, 0.6) is 0 Å². The molecule has 0 aliphatic heterocycles. The Morgan fingerprint density at radius 3 is 2.59 bits per heavy atom. The van der Waals surface area contributed by atoms with Gasteiger partial charge in [0.05, 0.1) is 12.7 Å². The second-order valence-electron chi connectivity index (χ2n) is 3.60. The number of hydroxylamine groups is 2. The zero-order valence-electron chi connectivity index (χ0n) is 10.6. The Bertz CT molecular complexity index is 256. The van der Waals surface area contributed by atoms with Crippen LogP contribution in [0.4, 0.5) is 0 Å². The summed E-state index contributed by atoms with van der Waals surface area (Å²) < 4.78 is 0. The first-order valence-corrected chi connectivity index (χ1v) is 5.50. The molecule has 0 aliphatic rings. The second kappa shape index (κ2) is 8.59. The van der Waals surface area contributed by atoms with Crippen LogP contribution in [0.25, 0.3) is 0 Å². The minimum atomic E-state index is -0.364. The van der Waals surface area contributed by atoms with E-state index in [4.69, 9.17) is 26.6 Å². The summed E-state index contributed by atoms with van der Waals surface area (Å²) in [6.07, 6.45) is 1.77. The Balaban J connectivity index is 4.14. The largest absolute Gasteiger partial charge is 0.367 e. The van der Waals surface area contributed by atoms with Crippen LogP contribution in [-0.2, 0) is 9.68 Å². The van der Waals surface area contributed by atoms with Gasteiger partial charge in [0.2, 0.25) is 11.9 Å². The highest BCUT2D eigenvalue weighted by Crippen LogP contribution is 1.96. The van der Waals surface area contributed by atoms with Gasteiger partial charge in [0, 0.05) is 0 Å². The molecule has 0 spiro atoms. The molecule has 100 valence electrons. The summed E-state index contributed by atoms with van der Waals surface area (Å²) in [6.45, 7) is 6.15. The number of nitrogens with one attached hydrogen (secondary N) is 2. The van der Waals surface area contributed by atoms with Crippen molar-refractivity contribution in [3.8, 4) is 0 Å². The fourth-order valence-electron chi connectivity index (χ4n) is 0.794. The molecule has 8 nitrogen and oxygen atoms in total. The number of unbranched alkanes of at least 4 members (excludes halogenated alkanes) is 1. The zero-order valence-corrected chi connectivity index (χ0v) is 10.6. The SMILES string of the molecule is CCCCONC(N)=NN(OC(C)C)C(=N)N. The number of hydrogen-bond acceptors (Lipinski definition) is 4. The molecule has 0 rings (SSSR count). The van der Waals surface area contributed by atoms with Crippen molar-refractivity contribution < 1.29 is 9.68 Å². The number of guanidine groups is 2. The van der Waals surface area contributed by atoms with Gasteiger partial charge in [-0.25, -0.2) is 10.3 Å². The lowest BCUT2D eigenvalue weighted by molar-refractivity contribution is -0.135. The van der Waals surface area contributed by atoms with Gasteiger partial charge in [-0.1, -0.05) is 18.5 Å². The minimum Gasteiger partial charge on any atom is -0.367 e. The first-order chi connectivity index (χ1) is 7.97. The molecule has 17 heavy (non-hydrogen) atoms. The highest BCUT2D eigenvalue weighted by Gasteiger charge is 2.09. The van der Waals surface area contributed by atoms with E-state index in [1.54, 1.807) is 13.8 Å². The third-order valence-electron chi connectivity index (χ3n) is 1.49. The summed E-state index contributed by atoms with van der Waals surface area (Å²) in [5.41, 5.74) is 13.2. The zero-order chi connectivity index (χ0) is 13.3. The van der Waals surface area contributed by atoms with Crippen molar-refractivity contribution in [2.24, 2.45) is 16.6 Å². The highest BCUT2D eigenvalue weighted by atomic mass is 16.7. The molecule has 0 atom stereocenters. The van der Waals surface area contributed by atoms with Crippen LogP contribution in [0.15, 0.2) is 5.10 Å². The lowest BCUT2D eigenvalue weighted by atomic mass is 10.4. The fourth-order valence-corrected chi connectivity index (χ4v) is 0.794. The summed E-state index contributed by atoms with van der Waals surface area (Å²) in [5.74, 6) is -0.394. The first-order valence-electron chi connectivity index (χ1n) is 5.50. The molecule has 0 fully saturated rings. The number of hydrogen-bond donors (Lipinski definition) is 4. The molecule has 0 saturated heterocycles. The summed E-state index contributed by atoms with van der Waals surface area (Å²) in [7, 11) is 0. The van der Waals surface area contributed by atoms with Gasteiger partial charge in [-0.05, 0) is 20.3 Å². The van der Waals surface area contributed by atoms with Gasteiger partial charge in [0.25, 0.3) is 0 Å². The molecule has 0 aromatic rings. The van der Waals surface area contributed by atoms with Crippen LogP contribution in [0.3, 0.4) is 0 Å². The van der Waals surface area contributed by atoms with Crippen LogP contribution in [0.2, 0.25) is 0 Å². The van der Waals surface area contributed by atoms with Gasteiger partial charge in [0.1, 0.15) is 0 Å². The summed E-state index contributed by atoms with van der Waals surface area (Å²) >= 11 is 0. The Morgan fingerprint density at radius 2 is 2.12 bits per heavy atom. The van der Waals surface area contributed by atoms with Gasteiger partial charge < -0.3 is 11.5 Å². The van der Waals surface area contributed by atoms with Gasteiger partial charge in [0.15, 0.2) is 0 Å². The normalized spacial score (nSPS) is 11.6. The molecule has 0 aliphatic carbocycles. The Labute approximate surface area is 101 Å². The van der Waals surface area contributed by atoms with Crippen molar-refractivity contribution in [1.82, 2.24) is 10.7 Å². The van der Waals surface area contributed by atoms with E-state index in [1.165, 1.54) is 0 Å². The maximum Gasteiger partial charge on any atom is 0.238 e. The van der Waals surface area contributed by atoms with Crippen molar-refractivity contribution >= 4 is 11.9 Å². The molecule has 0 saturated carbocycles. The van der Waals surface area contributed by atoms with Gasteiger partial charge >= 0.3 is 0 Å². The van der Waals surface area contributed by atoms with E-state index in [1.807, 2.05) is 0 Å². The summed E-state index contributed by atoms with van der Waals surface area (Å²) in [4.78, 5) is 10.2. The van der Waals surface area contributed by atoms with E-state index in [9.17, 15) is 0 Å². The van der Waals surface area contributed by atoms with Crippen molar-refractivity contribution in [2.45, 2.75) is 39.7 Å². The monoisotopic (exact) mass is 246 g/mol. The van der Waals surface area contributed by atoms with Crippen LogP contribution >= 0.6 is 0 Å². The van der Waals surface area contributed by atoms with Crippen molar-refractivity contribution in [1.29, 1.82) is 5.41 Å². The van der Waals surface area contributed by atoms with Crippen molar-refractivity contribution in [3.63, 3.8) is 0 Å². The molecule has 0 bridgehead atoms. The standard InChI is InChI=1S/C9H22N6O2/c1-4-5-6-16-14-9(12)13-15(8(10)11)17-7(2)3/h7H,4-6H2,1-3H3,(H3,10,11)(H3,12,13,14). The Morgan fingerprint density at radius 1 is 1.47 bits per heavy atom. The lowest BCUT2D eigenvalue weighted by Gasteiger charge is -2.18. The van der Waals surface area contributed by atoms with E-state index < -0.39 is 0 Å². The third-order valence-corrected chi connectivity index (χ3v) is 1.49. The first kappa shape index (κ1) is 15.5. The summed E-state index contributed by atoms with van der Waals surface area (Å²) in [5, 5.41) is 11.8. The predicted molar refractivity (Wildman–Crippen MR) is 65.6 cm³/mol. The Kier molecular flexibility index (Phi) is 7.82. The maximum atomic E-state index is 7.23. The number of hydrazone groups is 1. The number of nitrogens with two attached hydrogens (primary N) is 2. The van der Waals surface area contributed by atoms with Crippen LogP contribution < -0.4 is 16.9 Å². The number of nitrogens with zero attached hydrogens (tertiary/aromatic N) is 2. The average Bonchev–Trinajstić information content (AvgIpc) is 2.22. The van der Waals surface area contributed by atoms with Crippen molar-refractivity contribution in [3.05, 3.63) is 0 Å². The van der Waals surface area contributed by atoms with Gasteiger partial charge in [-0.3, -0.25) is 10.2 Å². The van der Waals surface area contributed by atoms with Gasteiger partial charge in [-0.15, -0.1) is 5.10 Å². The molecule has 0 unspecified atom stereocenters. The highest BCUT2D eigenvalue weighted by molar-refractivity contribution is 5.80. The molecule has 8 heteroatoms. The molecule has 0 aromatic carbocycles. The van der Waals surface area contributed by atoms with Crippen LogP contribution in [0, 0.1) is 5.41 Å². The molecular weight excluding hydrogens is 224 g/mol. The topological polar surface area (TPSA) is 122 Å². The average molecular weight is 246 g/mol. The minimum absolute atomic E-state index is 0.0306. The van der Waals surface area contributed by atoms with Crippen LogP contribution in [-0.4, -0.2) is 29.8 Å². The molecule has 0 radical (unpaired) electrons. The van der Waals surface area contributed by atoms with Crippen molar-refractivity contribution in [2.75, 3.05) is 6.61 Å². The Hall–Kier alpha value is -1.54.